The third-order valence-electron chi connectivity index (χ3n) is 0.865. The zero-order valence-electron chi connectivity index (χ0n) is 5.92. The van der Waals surface area contributed by atoms with Crippen LogP contribution in [0.3, 0.4) is 0 Å². The third-order valence-corrected chi connectivity index (χ3v) is 0.865. The molecule has 58 valence electrons. The van der Waals surface area contributed by atoms with Crippen molar-refractivity contribution in [1.82, 2.24) is 0 Å². The van der Waals surface area contributed by atoms with E-state index in [-0.39, 0.29) is 20.2 Å². The van der Waals surface area contributed by atoms with Crippen LogP contribution in [0.15, 0.2) is 12.7 Å². The molecule has 0 aliphatic rings. The molecule has 0 aromatic carbocycles. The van der Waals surface area contributed by atoms with Crippen molar-refractivity contribution in [3.05, 3.63) is 12.7 Å². The zero-order valence-corrected chi connectivity index (χ0v) is 5.92. The highest BCUT2D eigenvalue weighted by Crippen LogP contribution is 1.85. The molecule has 0 fully saturated rings. The fourth-order valence-corrected chi connectivity index (χ4v) is 0.354. The van der Waals surface area contributed by atoms with Crippen LogP contribution in [0.25, 0.3) is 0 Å². The van der Waals surface area contributed by atoms with E-state index < -0.39 is 5.97 Å². The minimum Gasteiger partial charge on any atom is -0.462 e. The Kier molecular flexibility index (Phi) is 4.20. The van der Waals surface area contributed by atoms with Crippen LogP contribution in [0.5, 0.6) is 0 Å². The van der Waals surface area contributed by atoms with Gasteiger partial charge in [0.15, 0.2) is 0 Å². The van der Waals surface area contributed by atoms with Crippen LogP contribution in [0, 0.1) is 0 Å². The average Bonchev–Trinajstić information content (AvgIpc) is 1.87. The van der Waals surface area contributed by atoms with Crippen molar-refractivity contribution in [2.75, 3.05) is 6.61 Å². The van der Waals surface area contributed by atoms with Crippen LogP contribution in [0.1, 0.15) is 14.8 Å². The average molecular weight is 144 g/mol. The van der Waals surface area contributed by atoms with Crippen molar-refractivity contribution in [2.24, 2.45) is 0 Å². The molecule has 0 saturated carbocycles. The summed E-state index contributed by atoms with van der Waals surface area (Å²) in [6.07, 6.45) is 1.35. The Balaban J connectivity index is 0. The summed E-state index contributed by atoms with van der Waals surface area (Å²) in [6.45, 7) is 4.80. The highest BCUT2D eigenvalue weighted by atomic mass is 16.5. The summed E-state index contributed by atoms with van der Waals surface area (Å²) in [5.74, 6) is -0.474. The van der Waals surface area contributed by atoms with E-state index in [0.717, 1.165) is 6.08 Å². The fraction of sp³-hybridized carbons (Fsp3) is 0.429. The van der Waals surface area contributed by atoms with Gasteiger partial charge in [-0.1, -0.05) is 6.58 Å². The van der Waals surface area contributed by atoms with Gasteiger partial charge in [-0.15, -0.1) is 0 Å². The summed E-state index contributed by atoms with van der Waals surface area (Å²) in [7, 11) is 0. The molecule has 0 amide bonds. The molecule has 10 heavy (non-hydrogen) atoms. The van der Waals surface area contributed by atoms with Crippen molar-refractivity contribution >= 4 is 11.8 Å². The lowest BCUT2D eigenvalue weighted by Gasteiger charge is -1.96. The Morgan fingerprint density at radius 3 is 2.70 bits per heavy atom. The summed E-state index contributed by atoms with van der Waals surface area (Å²) in [6, 6.07) is 0. The molecule has 0 aromatic heterocycles. The Hall–Kier alpha value is -1.12. The lowest BCUT2D eigenvalue weighted by Crippen LogP contribution is -2.04. The number of rotatable bonds is 4. The maximum atomic E-state index is 10.3. The summed E-state index contributed by atoms with van der Waals surface area (Å²) >= 11 is 0. The van der Waals surface area contributed by atoms with Gasteiger partial charge in [-0.2, -0.15) is 0 Å². The number of Topliss-reactive ketones (excluding diaryl/α,β-unsaturated/α-hetero) is 1. The second-order valence-corrected chi connectivity index (χ2v) is 1.82. The Bertz CT molecular complexity index is 154. The van der Waals surface area contributed by atoms with Crippen molar-refractivity contribution < 1.29 is 15.8 Å². The zero-order chi connectivity index (χ0) is 7.98. The van der Waals surface area contributed by atoms with Gasteiger partial charge in [0, 0.05) is 13.9 Å². The molecule has 0 aromatic rings. The third kappa shape index (κ3) is 5.03. The van der Waals surface area contributed by atoms with Crippen molar-refractivity contribution in [3.63, 3.8) is 0 Å². The number of ketones is 1. The smallest absolute Gasteiger partial charge is 0.330 e. The first-order chi connectivity index (χ1) is 4.66. The number of hydrogen-bond acceptors (Lipinski definition) is 3. The van der Waals surface area contributed by atoms with E-state index >= 15 is 0 Å². The predicted octanol–water partition coefficient (Wildman–Crippen LogP) is 0.941. The maximum Gasteiger partial charge on any atom is 0.330 e. The molecule has 0 aliphatic carbocycles. The number of carbonyl (C=O) groups is 2. The molecule has 0 aliphatic heterocycles. The van der Waals surface area contributed by atoms with E-state index in [9.17, 15) is 9.59 Å². The first-order valence-electron chi connectivity index (χ1n) is 2.95. The topological polar surface area (TPSA) is 43.4 Å². The summed E-state index contributed by atoms with van der Waals surface area (Å²) in [5, 5.41) is 0. The minimum atomic E-state index is -0.485. The van der Waals surface area contributed by atoms with Crippen LogP contribution < -0.4 is 0 Å². The SMILES string of the molecule is C=CC(=O)OCCC(C)=O.[HH]. The largest absolute Gasteiger partial charge is 0.462 e. The maximum absolute atomic E-state index is 10.3. The lowest BCUT2D eigenvalue weighted by atomic mass is 10.3. The molecule has 0 bridgehead atoms. The molecular formula is C7H12O3. The fourth-order valence-electron chi connectivity index (χ4n) is 0.354. The van der Waals surface area contributed by atoms with E-state index in [1.54, 1.807) is 0 Å². The van der Waals surface area contributed by atoms with E-state index in [2.05, 4.69) is 11.3 Å². The second kappa shape index (κ2) is 4.73. The van der Waals surface area contributed by atoms with E-state index in [1.165, 1.54) is 6.92 Å². The Morgan fingerprint density at radius 2 is 2.30 bits per heavy atom. The van der Waals surface area contributed by atoms with Crippen LogP contribution in [0.4, 0.5) is 0 Å². The summed E-state index contributed by atoms with van der Waals surface area (Å²) in [5.41, 5.74) is 0. The van der Waals surface area contributed by atoms with Crippen LogP contribution in [0.2, 0.25) is 0 Å². The van der Waals surface area contributed by atoms with Gasteiger partial charge >= 0.3 is 5.97 Å². The molecule has 0 radical (unpaired) electrons. The molecule has 0 N–H and O–H groups in total. The minimum absolute atomic E-state index is 0. The van der Waals surface area contributed by atoms with Crippen molar-refractivity contribution in [2.45, 2.75) is 13.3 Å². The van der Waals surface area contributed by atoms with E-state index in [0.29, 0.717) is 0 Å². The number of ether oxygens (including phenoxy) is 1. The molecule has 0 saturated heterocycles. The van der Waals surface area contributed by atoms with Crippen molar-refractivity contribution in [3.8, 4) is 0 Å². The van der Waals surface area contributed by atoms with E-state index in [1.807, 2.05) is 0 Å². The quantitative estimate of drug-likeness (QED) is 0.435. The Morgan fingerprint density at radius 1 is 1.70 bits per heavy atom. The van der Waals surface area contributed by atoms with Crippen LogP contribution >= 0.6 is 0 Å². The number of carbonyl (C=O) groups excluding carboxylic acids is 2. The summed E-state index contributed by atoms with van der Waals surface area (Å²) < 4.78 is 4.52. The van der Waals surface area contributed by atoms with E-state index in [4.69, 9.17) is 0 Å². The Labute approximate surface area is 61.2 Å². The van der Waals surface area contributed by atoms with Gasteiger partial charge in [-0.05, 0) is 6.92 Å². The van der Waals surface area contributed by atoms with Crippen molar-refractivity contribution in [1.29, 1.82) is 0 Å². The molecule has 0 heterocycles. The number of hydrogen-bond donors (Lipinski definition) is 0. The molecule has 0 unspecified atom stereocenters. The van der Waals surface area contributed by atoms with Gasteiger partial charge in [-0.25, -0.2) is 4.79 Å². The lowest BCUT2D eigenvalue weighted by molar-refractivity contribution is -0.138. The standard InChI is InChI=1S/C7H10O3.H2/c1-3-7(9)10-5-4-6(2)8;/h3H,1,4-5H2,2H3;1H. The van der Waals surface area contributed by atoms with Gasteiger partial charge in [0.25, 0.3) is 0 Å². The van der Waals surface area contributed by atoms with Gasteiger partial charge in [0.05, 0.1) is 6.61 Å². The second-order valence-electron chi connectivity index (χ2n) is 1.82. The molecular weight excluding hydrogens is 132 g/mol. The monoisotopic (exact) mass is 144 g/mol. The molecule has 3 heteroatoms. The van der Waals surface area contributed by atoms with Crippen LogP contribution in [-0.4, -0.2) is 18.4 Å². The molecule has 0 rings (SSSR count). The molecule has 0 atom stereocenters. The first-order valence-corrected chi connectivity index (χ1v) is 2.95. The highest BCUT2D eigenvalue weighted by Gasteiger charge is 1.96. The predicted molar refractivity (Wildman–Crippen MR) is 38.6 cm³/mol. The molecule has 0 spiro atoms. The highest BCUT2D eigenvalue weighted by molar-refractivity contribution is 5.81. The van der Waals surface area contributed by atoms with Gasteiger partial charge in [-0.3, -0.25) is 4.79 Å². The van der Waals surface area contributed by atoms with Gasteiger partial charge < -0.3 is 4.74 Å². The number of esters is 1. The normalized spacial score (nSPS) is 8.50. The van der Waals surface area contributed by atoms with Crippen LogP contribution in [-0.2, 0) is 14.3 Å². The van der Waals surface area contributed by atoms with Gasteiger partial charge in [0.1, 0.15) is 5.78 Å². The summed E-state index contributed by atoms with van der Waals surface area (Å²) in [4.78, 5) is 20.6. The molecule has 3 nitrogen and oxygen atoms in total. The van der Waals surface area contributed by atoms with Gasteiger partial charge in [0.2, 0.25) is 0 Å². The first kappa shape index (κ1) is 8.88.